The van der Waals surface area contributed by atoms with Gasteiger partial charge in [0, 0.05) is 41.9 Å². The Morgan fingerprint density at radius 2 is 1.70 bits per heavy atom. The van der Waals surface area contributed by atoms with Gasteiger partial charge in [0.15, 0.2) is 0 Å². The van der Waals surface area contributed by atoms with Crippen LogP contribution in [0.4, 0.5) is 16.2 Å². The van der Waals surface area contributed by atoms with Gasteiger partial charge >= 0.3 is 11.7 Å². The average molecular weight is 409 g/mol. The fraction of sp³-hybridized carbons (Fsp3) is 0.227. The summed E-state index contributed by atoms with van der Waals surface area (Å²) in [5.41, 5.74) is 2.47. The van der Waals surface area contributed by atoms with Gasteiger partial charge in [-0.1, -0.05) is 0 Å². The zero-order valence-electron chi connectivity index (χ0n) is 17.0. The minimum atomic E-state index is -0.453. The van der Waals surface area contributed by atoms with Gasteiger partial charge in [0.1, 0.15) is 11.3 Å². The van der Waals surface area contributed by atoms with Gasteiger partial charge in [-0.15, -0.1) is 0 Å². The summed E-state index contributed by atoms with van der Waals surface area (Å²) in [7, 11) is 3.07. The molecular formula is C22H23N3O5. The van der Waals surface area contributed by atoms with Gasteiger partial charge in [-0.05, 0) is 55.3 Å². The van der Waals surface area contributed by atoms with Gasteiger partial charge in [-0.3, -0.25) is 4.79 Å². The zero-order chi connectivity index (χ0) is 21.7. The molecule has 0 atom stereocenters. The molecule has 0 fully saturated rings. The van der Waals surface area contributed by atoms with Gasteiger partial charge in [0.2, 0.25) is 5.91 Å². The fourth-order valence-electron chi connectivity index (χ4n) is 3.08. The molecule has 3 rings (SSSR count). The third kappa shape index (κ3) is 4.78. The predicted octanol–water partition coefficient (Wildman–Crippen LogP) is 3.43. The molecule has 30 heavy (non-hydrogen) atoms. The number of hydrogen-bond acceptors (Lipinski definition) is 5. The predicted molar refractivity (Wildman–Crippen MR) is 115 cm³/mol. The molecule has 3 amide bonds. The van der Waals surface area contributed by atoms with E-state index in [9.17, 15) is 14.4 Å². The lowest BCUT2D eigenvalue weighted by Crippen LogP contribution is -2.24. The van der Waals surface area contributed by atoms with Gasteiger partial charge in [-0.2, -0.15) is 0 Å². The van der Waals surface area contributed by atoms with E-state index in [1.807, 2.05) is 13.0 Å². The molecule has 0 aliphatic carbocycles. The molecule has 0 aliphatic heterocycles. The third-order valence-electron chi connectivity index (χ3n) is 4.75. The second kappa shape index (κ2) is 9.13. The summed E-state index contributed by atoms with van der Waals surface area (Å²) in [6.45, 7) is 1.84. The first-order valence-corrected chi connectivity index (χ1v) is 9.40. The normalized spacial score (nSPS) is 10.5. The highest BCUT2D eigenvalue weighted by molar-refractivity contribution is 5.92. The molecular weight excluding hydrogens is 386 g/mol. The lowest BCUT2D eigenvalue weighted by atomic mass is 10.0. The second-order valence-electron chi connectivity index (χ2n) is 6.68. The second-order valence-corrected chi connectivity index (χ2v) is 6.68. The van der Waals surface area contributed by atoms with E-state index in [1.165, 1.54) is 7.05 Å². The minimum absolute atomic E-state index is 0.130. The number of carbonyl (C=O) groups is 2. The lowest BCUT2D eigenvalue weighted by Gasteiger charge is -2.10. The maximum atomic E-state index is 12.4. The topological polar surface area (TPSA) is 110 Å². The van der Waals surface area contributed by atoms with Crippen LogP contribution in [0.2, 0.25) is 0 Å². The summed E-state index contributed by atoms with van der Waals surface area (Å²) in [4.78, 5) is 36.0. The standard InChI is InChI=1S/C22H23N3O5/c1-13-17-9-8-16(29-3)12-19(17)30-21(27)18(13)10-11-20(26)24-14-4-6-15(7-5-14)25-22(28)23-2/h4-9,12H,10-11H2,1-3H3,(H,24,26)(H2,23,25,28). The third-order valence-corrected chi connectivity index (χ3v) is 4.75. The fourth-order valence-corrected chi connectivity index (χ4v) is 3.08. The summed E-state index contributed by atoms with van der Waals surface area (Å²) in [5.74, 6) is 0.379. The van der Waals surface area contributed by atoms with Gasteiger partial charge in [0.05, 0.1) is 7.11 Å². The van der Waals surface area contributed by atoms with Crippen LogP contribution in [0.15, 0.2) is 51.7 Å². The molecule has 1 heterocycles. The number of ether oxygens (including phenoxy) is 1. The number of anilines is 2. The largest absolute Gasteiger partial charge is 0.497 e. The molecule has 0 bridgehead atoms. The van der Waals surface area contributed by atoms with Gasteiger partial charge in [-0.25, -0.2) is 9.59 Å². The number of fused-ring (bicyclic) bond motifs is 1. The van der Waals surface area contributed by atoms with E-state index >= 15 is 0 Å². The summed E-state index contributed by atoms with van der Waals surface area (Å²) in [6.07, 6.45) is 0.393. The van der Waals surface area contributed by atoms with E-state index in [-0.39, 0.29) is 24.8 Å². The molecule has 8 nitrogen and oxygen atoms in total. The Kier molecular flexibility index (Phi) is 6.36. The van der Waals surface area contributed by atoms with Crippen molar-refractivity contribution in [1.29, 1.82) is 0 Å². The zero-order valence-corrected chi connectivity index (χ0v) is 17.0. The maximum Gasteiger partial charge on any atom is 0.339 e. The van der Waals surface area contributed by atoms with E-state index in [4.69, 9.17) is 9.15 Å². The van der Waals surface area contributed by atoms with Crippen molar-refractivity contribution < 1.29 is 18.7 Å². The number of hydrogen-bond donors (Lipinski definition) is 3. The van der Waals surface area contributed by atoms with Crippen molar-refractivity contribution in [3.8, 4) is 5.75 Å². The minimum Gasteiger partial charge on any atom is -0.497 e. The van der Waals surface area contributed by atoms with Crippen molar-refractivity contribution in [3.63, 3.8) is 0 Å². The van der Waals surface area contributed by atoms with E-state index in [0.717, 1.165) is 10.9 Å². The van der Waals surface area contributed by atoms with E-state index in [1.54, 1.807) is 43.5 Å². The molecule has 156 valence electrons. The monoisotopic (exact) mass is 409 g/mol. The summed E-state index contributed by atoms with van der Waals surface area (Å²) in [5, 5.41) is 8.69. The number of aryl methyl sites for hydroxylation is 1. The van der Waals surface area contributed by atoms with Crippen LogP contribution < -0.4 is 26.3 Å². The van der Waals surface area contributed by atoms with Crippen molar-refractivity contribution >= 4 is 34.3 Å². The summed E-state index contributed by atoms with van der Waals surface area (Å²) >= 11 is 0. The van der Waals surface area contributed by atoms with Crippen LogP contribution in [-0.4, -0.2) is 26.1 Å². The Hall–Kier alpha value is -3.81. The molecule has 0 saturated heterocycles. The first-order chi connectivity index (χ1) is 14.4. The van der Waals surface area contributed by atoms with Crippen LogP contribution in [-0.2, 0) is 11.2 Å². The van der Waals surface area contributed by atoms with E-state index in [2.05, 4.69) is 16.0 Å². The van der Waals surface area contributed by atoms with E-state index in [0.29, 0.717) is 28.3 Å². The van der Waals surface area contributed by atoms with Crippen LogP contribution >= 0.6 is 0 Å². The SMILES string of the molecule is CNC(=O)Nc1ccc(NC(=O)CCc2c(C)c3ccc(OC)cc3oc2=O)cc1. The number of amides is 3. The summed E-state index contributed by atoms with van der Waals surface area (Å²) in [6, 6.07) is 11.7. The first-order valence-electron chi connectivity index (χ1n) is 9.40. The molecule has 0 radical (unpaired) electrons. The highest BCUT2D eigenvalue weighted by Gasteiger charge is 2.14. The lowest BCUT2D eigenvalue weighted by molar-refractivity contribution is -0.116. The van der Waals surface area contributed by atoms with Crippen LogP contribution in [0.3, 0.4) is 0 Å². The molecule has 1 aromatic heterocycles. The Bertz CT molecular complexity index is 1140. The number of carbonyl (C=O) groups excluding carboxylic acids is 2. The average Bonchev–Trinajstić information content (AvgIpc) is 2.74. The van der Waals surface area contributed by atoms with Crippen molar-refractivity contribution in [1.82, 2.24) is 5.32 Å². The quantitative estimate of drug-likeness (QED) is 0.541. The van der Waals surface area contributed by atoms with Crippen LogP contribution in [0.25, 0.3) is 11.0 Å². The molecule has 0 saturated carbocycles. The van der Waals surface area contributed by atoms with Crippen molar-refractivity contribution in [3.05, 3.63) is 64.0 Å². The Morgan fingerprint density at radius 3 is 2.33 bits per heavy atom. The Morgan fingerprint density at radius 1 is 1.03 bits per heavy atom. The number of rotatable bonds is 6. The maximum absolute atomic E-state index is 12.4. The van der Waals surface area contributed by atoms with Crippen molar-refractivity contribution in [2.45, 2.75) is 19.8 Å². The highest BCUT2D eigenvalue weighted by atomic mass is 16.5. The first kappa shape index (κ1) is 20.9. The molecule has 0 aliphatic rings. The molecule has 2 aromatic carbocycles. The molecule has 0 unspecified atom stereocenters. The number of methoxy groups -OCH3 is 1. The number of urea groups is 1. The number of nitrogens with one attached hydrogen (secondary N) is 3. The van der Waals surface area contributed by atoms with Crippen molar-refractivity contribution in [2.24, 2.45) is 0 Å². The Balaban J connectivity index is 1.66. The van der Waals surface area contributed by atoms with Crippen molar-refractivity contribution in [2.75, 3.05) is 24.8 Å². The molecule has 3 aromatic rings. The van der Waals surface area contributed by atoms with Crippen LogP contribution in [0, 0.1) is 6.92 Å². The van der Waals surface area contributed by atoms with Crippen LogP contribution in [0.5, 0.6) is 5.75 Å². The Labute approximate surface area is 173 Å². The summed E-state index contributed by atoms with van der Waals surface area (Å²) < 4.78 is 10.6. The van der Waals surface area contributed by atoms with Gasteiger partial charge < -0.3 is 25.1 Å². The van der Waals surface area contributed by atoms with Crippen LogP contribution in [0.1, 0.15) is 17.5 Å². The number of benzene rings is 2. The molecule has 3 N–H and O–H groups in total. The van der Waals surface area contributed by atoms with E-state index < -0.39 is 5.63 Å². The smallest absolute Gasteiger partial charge is 0.339 e. The molecule has 8 heteroatoms. The highest BCUT2D eigenvalue weighted by Crippen LogP contribution is 2.24. The van der Waals surface area contributed by atoms with Gasteiger partial charge in [0.25, 0.3) is 0 Å². The molecule has 0 spiro atoms.